The van der Waals surface area contributed by atoms with Crippen molar-refractivity contribution in [3.63, 3.8) is 0 Å². The molecule has 1 aliphatic rings. The molecule has 2 aromatic rings. The minimum Gasteiger partial charge on any atom is -0.494 e. The predicted octanol–water partition coefficient (Wildman–Crippen LogP) is 6.95. The Labute approximate surface area is 197 Å². The van der Waals surface area contributed by atoms with Crippen LogP contribution in [-0.4, -0.2) is 25.1 Å². The van der Waals surface area contributed by atoms with Gasteiger partial charge in [0.05, 0.1) is 13.2 Å². The van der Waals surface area contributed by atoms with E-state index in [1.54, 1.807) is 6.08 Å². The average Bonchev–Trinajstić information content (AvgIpc) is 3.20. The normalized spacial score (nSPS) is 14.3. The third-order valence-corrected chi connectivity index (χ3v) is 5.48. The van der Waals surface area contributed by atoms with Crippen molar-refractivity contribution in [2.75, 3.05) is 13.2 Å². The number of carbonyl (C=O) groups is 1. The van der Waals surface area contributed by atoms with Gasteiger partial charge in [0.15, 0.2) is 5.70 Å². The third kappa shape index (κ3) is 8.08. The van der Waals surface area contributed by atoms with E-state index in [0.29, 0.717) is 12.5 Å². The number of aliphatic imine (C=N–C) groups is 1. The van der Waals surface area contributed by atoms with Crippen LogP contribution in [0, 0.1) is 0 Å². The summed E-state index contributed by atoms with van der Waals surface area (Å²) in [5.41, 5.74) is 1.89. The zero-order chi connectivity index (χ0) is 23.3. The number of hydrogen-bond acceptors (Lipinski definition) is 5. The second kappa shape index (κ2) is 13.5. The molecule has 0 aliphatic carbocycles. The van der Waals surface area contributed by atoms with E-state index in [2.05, 4.69) is 11.9 Å². The van der Waals surface area contributed by atoms with E-state index in [4.69, 9.17) is 14.2 Å². The highest BCUT2D eigenvalue weighted by molar-refractivity contribution is 6.12. The molecule has 1 aliphatic heterocycles. The van der Waals surface area contributed by atoms with Crippen molar-refractivity contribution in [3.05, 3.63) is 65.4 Å². The van der Waals surface area contributed by atoms with Gasteiger partial charge in [0, 0.05) is 5.56 Å². The van der Waals surface area contributed by atoms with Crippen LogP contribution in [0.15, 0.2) is 59.2 Å². The Morgan fingerprint density at radius 1 is 0.788 bits per heavy atom. The predicted molar refractivity (Wildman–Crippen MR) is 133 cm³/mol. The summed E-state index contributed by atoms with van der Waals surface area (Å²) >= 11 is 0. The molecule has 0 unspecified atom stereocenters. The first-order valence-corrected chi connectivity index (χ1v) is 12.2. The number of hydrogen-bond donors (Lipinski definition) is 0. The van der Waals surface area contributed by atoms with Crippen LogP contribution in [0.4, 0.5) is 0 Å². The summed E-state index contributed by atoms with van der Waals surface area (Å²) in [6.45, 7) is 5.52. The topological polar surface area (TPSA) is 57.1 Å². The summed E-state index contributed by atoms with van der Waals surface area (Å²) in [7, 11) is 0. The van der Waals surface area contributed by atoms with Crippen LogP contribution < -0.4 is 9.47 Å². The third-order valence-electron chi connectivity index (χ3n) is 5.48. The van der Waals surface area contributed by atoms with Crippen LogP contribution in [0.1, 0.15) is 76.3 Å². The van der Waals surface area contributed by atoms with Gasteiger partial charge in [0.1, 0.15) is 11.5 Å². The zero-order valence-corrected chi connectivity index (χ0v) is 19.8. The number of cyclic esters (lactones) is 1. The Balaban J connectivity index is 1.46. The summed E-state index contributed by atoms with van der Waals surface area (Å²) in [6.07, 6.45) is 12.0. The van der Waals surface area contributed by atoms with Gasteiger partial charge in [-0.3, -0.25) is 0 Å². The number of carbonyl (C=O) groups excluding carboxylic acids is 1. The maximum absolute atomic E-state index is 12.2. The number of benzene rings is 2. The van der Waals surface area contributed by atoms with Gasteiger partial charge in [0.25, 0.3) is 0 Å². The Kier molecular flexibility index (Phi) is 10.0. The van der Waals surface area contributed by atoms with Crippen LogP contribution >= 0.6 is 0 Å². The summed E-state index contributed by atoms with van der Waals surface area (Å²) in [6, 6.07) is 15.0. The summed E-state index contributed by atoms with van der Waals surface area (Å²) < 4.78 is 16.7. The molecule has 33 heavy (non-hydrogen) atoms. The van der Waals surface area contributed by atoms with Crippen molar-refractivity contribution in [2.24, 2.45) is 4.99 Å². The van der Waals surface area contributed by atoms with E-state index in [1.165, 1.54) is 44.9 Å². The Morgan fingerprint density at radius 2 is 1.39 bits per heavy atom. The maximum atomic E-state index is 12.2. The Hall–Kier alpha value is -3.08. The largest absolute Gasteiger partial charge is 0.494 e. The van der Waals surface area contributed by atoms with Crippen molar-refractivity contribution in [1.82, 2.24) is 0 Å². The Bertz CT molecular complexity index is 929. The van der Waals surface area contributed by atoms with E-state index in [-0.39, 0.29) is 5.70 Å². The number of ether oxygens (including phenoxy) is 3. The van der Waals surface area contributed by atoms with Gasteiger partial charge in [-0.05, 0) is 61.4 Å². The SMILES string of the molecule is CCCCCCCCCCOc1ccc(C2=NC(=Cc3ccc(OCC)cc3)C(=O)O2)cc1. The molecule has 0 saturated heterocycles. The van der Waals surface area contributed by atoms with Crippen LogP contribution in [0.3, 0.4) is 0 Å². The standard InChI is InChI=1S/C28H35NO4/c1-3-5-6-7-8-9-10-11-20-32-25-18-14-23(15-19-25)27-29-26(28(30)33-27)21-22-12-16-24(17-13-22)31-4-2/h12-19,21H,3-11,20H2,1-2H3. The lowest BCUT2D eigenvalue weighted by atomic mass is 10.1. The minimum absolute atomic E-state index is 0.282. The fourth-order valence-corrected chi connectivity index (χ4v) is 3.64. The molecule has 5 heteroatoms. The number of esters is 1. The highest BCUT2D eigenvalue weighted by atomic mass is 16.6. The first-order valence-electron chi connectivity index (χ1n) is 12.2. The second-order valence-electron chi connectivity index (χ2n) is 8.19. The summed E-state index contributed by atoms with van der Waals surface area (Å²) in [5, 5.41) is 0. The summed E-state index contributed by atoms with van der Waals surface area (Å²) in [5.74, 6) is 1.47. The van der Waals surface area contributed by atoms with Crippen molar-refractivity contribution in [1.29, 1.82) is 0 Å². The lowest BCUT2D eigenvalue weighted by Crippen LogP contribution is -2.05. The van der Waals surface area contributed by atoms with Gasteiger partial charge in [0.2, 0.25) is 5.90 Å². The average molecular weight is 450 g/mol. The molecule has 1 heterocycles. The van der Waals surface area contributed by atoms with E-state index in [0.717, 1.165) is 35.7 Å². The molecule has 0 fully saturated rings. The Morgan fingerprint density at radius 3 is 2.06 bits per heavy atom. The molecular formula is C28H35NO4. The number of unbranched alkanes of at least 4 members (excludes halogenated alkanes) is 7. The minimum atomic E-state index is -0.450. The van der Waals surface area contributed by atoms with Crippen molar-refractivity contribution in [2.45, 2.75) is 65.2 Å². The monoisotopic (exact) mass is 449 g/mol. The van der Waals surface area contributed by atoms with E-state index >= 15 is 0 Å². The molecule has 0 spiro atoms. The van der Waals surface area contributed by atoms with E-state index in [1.807, 2.05) is 55.5 Å². The van der Waals surface area contributed by atoms with E-state index < -0.39 is 5.97 Å². The highest BCUT2D eigenvalue weighted by Gasteiger charge is 2.24. The molecule has 0 saturated carbocycles. The molecule has 0 N–H and O–H groups in total. The van der Waals surface area contributed by atoms with Crippen molar-refractivity contribution < 1.29 is 19.0 Å². The van der Waals surface area contributed by atoms with Gasteiger partial charge in [-0.1, -0.05) is 64.0 Å². The molecule has 0 atom stereocenters. The first kappa shape index (κ1) is 24.6. The fourth-order valence-electron chi connectivity index (χ4n) is 3.64. The lowest BCUT2D eigenvalue weighted by Gasteiger charge is -2.07. The molecule has 0 bridgehead atoms. The van der Waals surface area contributed by atoms with Gasteiger partial charge in [-0.2, -0.15) is 0 Å². The van der Waals surface area contributed by atoms with Gasteiger partial charge >= 0.3 is 5.97 Å². The molecule has 0 radical (unpaired) electrons. The molecule has 0 amide bonds. The molecule has 176 valence electrons. The van der Waals surface area contributed by atoms with Crippen LogP contribution in [0.25, 0.3) is 6.08 Å². The van der Waals surface area contributed by atoms with Gasteiger partial charge < -0.3 is 14.2 Å². The number of nitrogens with zero attached hydrogens (tertiary/aromatic N) is 1. The quantitative estimate of drug-likeness (QED) is 0.178. The second-order valence-corrected chi connectivity index (χ2v) is 8.19. The van der Waals surface area contributed by atoms with Gasteiger partial charge in [-0.15, -0.1) is 0 Å². The molecule has 3 rings (SSSR count). The molecule has 2 aromatic carbocycles. The smallest absolute Gasteiger partial charge is 0.363 e. The first-order chi connectivity index (χ1) is 16.2. The van der Waals surface area contributed by atoms with Crippen LogP contribution in [0.2, 0.25) is 0 Å². The maximum Gasteiger partial charge on any atom is 0.363 e. The zero-order valence-electron chi connectivity index (χ0n) is 19.8. The number of rotatable bonds is 14. The van der Waals surface area contributed by atoms with Crippen LogP contribution in [0.5, 0.6) is 11.5 Å². The van der Waals surface area contributed by atoms with Crippen molar-refractivity contribution >= 4 is 17.9 Å². The van der Waals surface area contributed by atoms with E-state index in [9.17, 15) is 4.79 Å². The highest BCUT2D eigenvalue weighted by Crippen LogP contribution is 2.22. The van der Waals surface area contributed by atoms with Crippen molar-refractivity contribution in [3.8, 4) is 11.5 Å². The summed E-state index contributed by atoms with van der Waals surface area (Å²) in [4.78, 5) is 16.6. The lowest BCUT2D eigenvalue weighted by molar-refractivity contribution is -0.129. The molecular weight excluding hydrogens is 414 g/mol. The fraction of sp³-hybridized carbons (Fsp3) is 0.429. The van der Waals surface area contributed by atoms with Gasteiger partial charge in [-0.25, -0.2) is 9.79 Å². The molecule has 0 aromatic heterocycles. The molecule has 5 nitrogen and oxygen atoms in total. The van der Waals surface area contributed by atoms with Crippen LogP contribution in [-0.2, 0) is 9.53 Å².